The Morgan fingerprint density at radius 3 is 1.13 bits per heavy atom. The van der Waals surface area contributed by atoms with Crippen LogP contribution in [0.15, 0.2) is 91.0 Å². The first kappa shape index (κ1) is 18.2. The predicted molar refractivity (Wildman–Crippen MR) is 102 cm³/mol. The molecule has 0 heterocycles. The van der Waals surface area contributed by atoms with E-state index in [1.807, 2.05) is 0 Å². The fourth-order valence-electron chi connectivity index (χ4n) is 3.22. The van der Waals surface area contributed by atoms with E-state index in [0.717, 1.165) is 0 Å². The molecule has 0 spiro atoms. The van der Waals surface area contributed by atoms with Gasteiger partial charge in [-0.15, -0.1) is 0 Å². The number of hydrogen-bond acceptors (Lipinski definition) is 0. The summed E-state index contributed by atoms with van der Waals surface area (Å²) >= 11 is 0. The average molecular weight is 433 g/mol. The summed E-state index contributed by atoms with van der Waals surface area (Å²) in [5, 5.41) is 4.44. The van der Waals surface area contributed by atoms with Crippen LogP contribution in [0.5, 0.6) is 0 Å². The summed E-state index contributed by atoms with van der Waals surface area (Å²) in [4.78, 5) is 0. The summed E-state index contributed by atoms with van der Waals surface area (Å²) < 4.78 is 0. The first-order chi connectivity index (χ1) is 10.9. The Labute approximate surface area is 157 Å². The summed E-state index contributed by atoms with van der Waals surface area (Å²) in [5.41, 5.74) is 0. The molecular formula is C21H23IP+2. The number of hydrogen-bond donors (Lipinski definition) is 0. The van der Waals surface area contributed by atoms with Crippen molar-refractivity contribution in [3.8, 4) is 0 Å². The van der Waals surface area contributed by atoms with Gasteiger partial charge in [-0.3, -0.25) is 0 Å². The lowest BCUT2D eigenvalue weighted by atomic mass is 10.4. The normalized spacial score (nSPS) is 10.8. The lowest BCUT2D eigenvalue weighted by Gasteiger charge is -2.27. The van der Waals surface area contributed by atoms with Crippen molar-refractivity contribution in [2.24, 2.45) is 0 Å². The van der Waals surface area contributed by atoms with Crippen LogP contribution < -0.4 is 39.9 Å². The van der Waals surface area contributed by atoms with Gasteiger partial charge in [0.1, 0.15) is 23.2 Å². The summed E-state index contributed by atoms with van der Waals surface area (Å²) in [5.74, 6) is 0. The van der Waals surface area contributed by atoms with E-state index in [4.69, 9.17) is 0 Å². The van der Waals surface area contributed by atoms with Gasteiger partial charge < -0.3 is 0 Å². The molecule has 0 saturated heterocycles. The van der Waals surface area contributed by atoms with Gasteiger partial charge in [-0.05, 0) is 42.8 Å². The Kier molecular flexibility index (Phi) is 6.80. The Bertz CT molecular complexity index is 599. The quantitative estimate of drug-likeness (QED) is 0.418. The zero-order valence-electron chi connectivity index (χ0n) is 13.4. The molecule has 0 aliphatic carbocycles. The fourth-order valence-corrected chi connectivity index (χ4v) is 7.60. The predicted octanol–water partition coefficient (Wildman–Crippen LogP) is 1.13. The highest BCUT2D eigenvalue weighted by atomic mass is 127. The standard InChI is InChI=1S/C21H22P.HI/c1-2-18-22(19-12-6-3-7-13-19,20-14-8-4-9-15-20)21-16-10-5-11-17-21;/h3-17H,2,18H2,1H3;1H/q2*+1. The van der Waals surface area contributed by atoms with E-state index < -0.39 is 7.26 Å². The highest BCUT2D eigenvalue weighted by molar-refractivity contribution is 7.95. The molecule has 0 saturated carbocycles. The van der Waals surface area contributed by atoms with Gasteiger partial charge in [-0.25, -0.2) is 0 Å². The van der Waals surface area contributed by atoms with Crippen LogP contribution in [-0.2, 0) is 0 Å². The molecule has 0 bridgehead atoms. The Hall–Kier alpha value is -1.18. The zero-order valence-corrected chi connectivity index (χ0v) is 16.7. The largest absolute Gasteiger partial charge is 0.553 e. The fraction of sp³-hybridized carbons (Fsp3) is 0.143. The van der Waals surface area contributed by atoms with Crippen molar-refractivity contribution >= 4 is 23.2 Å². The molecule has 0 amide bonds. The van der Waals surface area contributed by atoms with Crippen LogP contribution in [0.1, 0.15) is 13.3 Å². The third-order valence-corrected chi connectivity index (χ3v) is 8.81. The van der Waals surface area contributed by atoms with E-state index in [0.29, 0.717) is 0 Å². The van der Waals surface area contributed by atoms with Crippen molar-refractivity contribution in [1.29, 1.82) is 0 Å². The minimum Gasteiger partial charge on any atom is -0.0620 e. The van der Waals surface area contributed by atoms with E-state index in [9.17, 15) is 0 Å². The number of rotatable bonds is 5. The molecule has 0 atom stereocenters. The van der Waals surface area contributed by atoms with E-state index >= 15 is 0 Å². The maximum Gasteiger partial charge on any atom is 0.553 e. The van der Waals surface area contributed by atoms with Crippen LogP contribution in [0, 0.1) is 0 Å². The van der Waals surface area contributed by atoms with Crippen LogP contribution in [-0.4, -0.2) is 6.16 Å². The summed E-state index contributed by atoms with van der Waals surface area (Å²) in [6.07, 6.45) is 2.40. The van der Waals surface area contributed by atoms with Crippen molar-refractivity contribution in [2.45, 2.75) is 13.3 Å². The van der Waals surface area contributed by atoms with Crippen LogP contribution in [0.4, 0.5) is 0 Å². The first-order valence-corrected chi connectivity index (χ1v) is 9.90. The van der Waals surface area contributed by atoms with Crippen LogP contribution in [0.25, 0.3) is 0 Å². The zero-order chi connectivity index (χ0) is 15.3. The molecule has 1 radical (unpaired) electrons. The summed E-state index contributed by atoms with van der Waals surface area (Å²) in [7, 11) is -1.55. The maximum atomic E-state index is 2.31. The van der Waals surface area contributed by atoms with Crippen LogP contribution in [0.3, 0.4) is 0 Å². The highest BCUT2D eigenvalue weighted by Crippen LogP contribution is 2.55. The second-order valence-corrected chi connectivity index (χ2v) is 9.16. The molecule has 0 unspecified atom stereocenters. The van der Waals surface area contributed by atoms with Crippen molar-refractivity contribution in [3.05, 3.63) is 91.0 Å². The molecule has 3 rings (SSSR count). The summed E-state index contributed by atoms with van der Waals surface area (Å²) in [6, 6.07) is 33.2. The van der Waals surface area contributed by atoms with Gasteiger partial charge in [0, 0.05) is 0 Å². The van der Waals surface area contributed by atoms with E-state index in [1.54, 1.807) is 0 Å². The Morgan fingerprint density at radius 2 is 0.870 bits per heavy atom. The van der Waals surface area contributed by atoms with Gasteiger partial charge in [0.2, 0.25) is 0 Å². The molecule has 2 heteroatoms. The second-order valence-electron chi connectivity index (χ2n) is 5.54. The van der Waals surface area contributed by atoms with Gasteiger partial charge in [-0.1, -0.05) is 61.5 Å². The van der Waals surface area contributed by atoms with Crippen LogP contribution >= 0.6 is 7.26 Å². The molecule has 0 aliphatic heterocycles. The molecule has 0 nitrogen and oxygen atoms in total. The van der Waals surface area contributed by atoms with Crippen molar-refractivity contribution in [2.75, 3.05) is 6.16 Å². The van der Waals surface area contributed by atoms with Crippen LogP contribution in [0.2, 0.25) is 0 Å². The molecule has 0 N–H and O–H groups in total. The molecule has 0 aliphatic rings. The first-order valence-electron chi connectivity index (χ1n) is 7.93. The average Bonchev–Trinajstić information content (AvgIpc) is 2.62. The van der Waals surface area contributed by atoms with E-state index in [1.165, 1.54) is 28.5 Å². The highest BCUT2D eigenvalue weighted by Gasteiger charge is 2.43. The second kappa shape index (κ2) is 8.61. The molecule has 23 heavy (non-hydrogen) atoms. The Morgan fingerprint density at radius 1 is 0.565 bits per heavy atom. The summed E-state index contributed by atoms with van der Waals surface area (Å²) in [6.45, 7) is 2.30. The molecule has 117 valence electrons. The molecule has 3 aromatic rings. The van der Waals surface area contributed by atoms with Crippen molar-refractivity contribution < 1.29 is 24.0 Å². The molecule has 0 fully saturated rings. The van der Waals surface area contributed by atoms with Gasteiger partial charge in [-0.2, -0.15) is 0 Å². The van der Waals surface area contributed by atoms with Gasteiger partial charge in [0.05, 0.1) is 6.16 Å². The Balaban J connectivity index is 0.00000192. The van der Waals surface area contributed by atoms with E-state index in [-0.39, 0.29) is 24.0 Å². The maximum absolute atomic E-state index is 2.31. The smallest absolute Gasteiger partial charge is 0.0620 e. The topological polar surface area (TPSA) is 0 Å². The van der Waals surface area contributed by atoms with Crippen molar-refractivity contribution in [3.63, 3.8) is 0 Å². The number of halogens is 1. The SMILES string of the molecule is CCC[P+](c1ccccc1)(c1ccccc1)c1ccccc1.[IH+]. The molecule has 3 aromatic carbocycles. The minimum atomic E-state index is -1.55. The van der Waals surface area contributed by atoms with E-state index in [2.05, 4.69) is 97.9 Å². The minimum absolute atomic E-state index is 0. The molecule has 0 aromatic heterocycles. The monoisotopic (exact) mass is 433 g/mol. The number of benzene rings is 3. The third-order valence-electron chi connectivity index (χ3n) is 4.15. The van der Waals surface area contributed by atoms with Gasteiger partial charge >= 0.3 is 24.0 Å². The molecular weight excluding hydrogens is 410 g/mol. The van der Waals surface area contributed by atoms with Gasteiger partial charge in [0.15, 0.2) is 0 Å². The lowest BCUT2D eigenvalue weighted by Crippen LogP contribution is -3.00. The third kappa shape index (κ3) is 3.67. The van der Waals surface area contributed by atoms with Gasteiger partial charge in [0.25, 0.3) is 0 Å². The van der Waals surface area contributed by atoms with Crippen molar-refractivity contribution in [1.82, 2.24) is 0 Å². The lowest BCUT2D eigenvalue weighted by molar-refractivity contribution is -0.00000433.